The maximum absolute atomic E-state index is 13.8. The number of benzene rings is 3. The van der Waals surface area contributed by atoms with Crippen LogP contribution in [0.5, 0.6) is 11.5 Å². The Balaban J connectivity index is 2.07. The molecule has 35 heavy (non-hydrogen) atoms. The quantitative estimate of drug-likeness (QED) is 0.369. The van der Waals surface area contributed by atoms with Crippen LogP contribution in [-0.2, 0) is 26.4 Å². The minimum Gasteiger partial charge on any atom is -0.493 e. The lowest BCUT2D eigenvalue weighted by Crippen LogP contribution is -2.10. The van der Waals surface area contributed by atoms with Crippen LogP contribution in [0, 0.1) is 0 Å². The van der Waals surface area contributed by atoms with Gasteiger partial charge in [0.15, 0.2) is 17.3 Å². The van der Waals surface area contributed by atoms with Crippen LogP contribution in [0.25, 0.3) is 6.08 Å². The first-order valence-electron chi connectivity index (χ1n) is 11.2. The van der Waals surface area contributed by atoms with Gasteiger partial charge in [-0.1, -0.05) is 30.3 Å². The van der Waals surface area contributed by atoms with Crippen molar-refractivity contribution in [1.29, 1.82) is 0 Å². The van der Waals surface area contributed by atoms with Crippen molar-refractivity contribution in [3.63, 3.8) is 0 Å². The fraction of sp³-hybridized carbons (Fsp3) is 0.250. The van der Waals surface area contributed by atoms with Gasteiger partial charge in [-0.05, 0) is 57.7 Å². The standard InChI is InChI=1S/C28H28O7/c1-34-24-11-17(9-19(13-30)28(24)35-2)25-20(8-16-6-4-3-5-7-16)27(33)21-10-18(12-29)22(14-31)23(15-32)26(21)25/h3-11,25,29-32H,12-15H2,1-2H3/b20-8-. The fourth-order valence-electron chi connectivity index (χ4n) is 4.91. The summed E-state index contributed by atoms with van der Waals surface area (Å²) < 4.78 is 11.0. The minimum atomic E-state index is -0.608. The van der Waals surface area contributed by atoms with Crippen molar-refractivity contribution in [1.82, 2.24) is 0 Å². The molecule has 4 N–H and O–H groups in total. The lowest BCUT2D eigenvalue weighted by Gasteiger charge is -2.22. The number of allylic oxidation sites excluding steroid dienone is 1. The Labute approximate surface area is 203 Å². The van der Waals surface area contributed by atoms with Gasteiger partial charge >= 0.3 is 0 Å². The van der Waals surface area contributed by atoms with Crippen molar-refractivity contribution in [2.75, 3.05) is 14.2 Å². The molecule has 0 saturated carbocycles. The Morgan fingerprint density at radius 2 is 1.51 bits per heavy atom. The van der Waals surface area contributed by atoms with Crippen molar-refractivity contribution >= 4 is 11.9 Å². The second kappa shape index (κ2) is 10.4. The van der Waals surface area contributed by atoms with Crippen LogP contribution in [0.2, 0.25) is 0 Å². The molecule has 0 saturated heterocycles. The first-order chi connectivity index (χ1) is 17.0. The van der Waals surface area contributed by atoms with Crippen LogP contribution >= 0.6 is 0 Å². The first-order valence-corrected chi connectivity index (χ1v) is 11.2. The Morgan fingerprint density at radius 1 is 0.829 bits per heavy atom. The molecule has 7 nitrogen and oxygen atoms in total. The monoisotopic (exact) mass is 476 g/mol. The number of aliphatic hydroxyl groups is 4. The van der Waals surface area contributed by atoms with Gasteiger partial charge in [-0.2, -0.15) is 0 Å². The van der Waals surface area contributed by atoms with Crippen molar-refractivity contribution in [3.05, 3.63) is 98.6 Å². The molecule has 0 amide bonds. The highest BCUT2D eigenvalue weighted by Crippen LogP contribution is 2.48. The molecular formula is C28H28O7. The molecule has 0 spiro atoms. The summed E-state index contributed by atoms with van der Waals surface area (Å²) in [6.45, 7) is -1.51. The van der Waals surface area contributed by atoms with Gasteiger partial charge in [0.2, 0.25) is 0 Å². The van der Waals surface area contributed by atoms with Crippen LogP contribution in [-0.4, -0.2) is 40.4 Å². The lowest BCUT2D eigenvalue weighted by molar-refractivity contribution is 0.103. The van der Waals surface area contributed by atoms with E-state index in [2.05, 4.69) is 0 Å². The summed E-state index contributed by atoms with van der Waals surface area (Å²) in [4.78, 5) is 13.8. The van der Waals surface area contributed by atoms with E-state index in [1.165, 1.54) is 14.2 Å². The highest BCUT2D eigenvalue weighted by molar-refractivity contribution is 6.18. The van der Waals surface area contributed by atoms with Gasteiger partial charge in [-0.15, -0.1) is 0 Å². The summed E-state index contributed by atoms with van der Waals surface area (Å²) in [6.07, 6.45) is 1.81. The van der Waals surface area contributed by atoms with Gasteiger partial charge in [0, 0.05) is 22.6 Å². The second-order valence-electron chi connectivity index (χ2n) is 8.27. The molecule has 0 aliphatic heterocycles. The van der Waals surface area contributed by atoms with Crippen LogP contribution in [0.4, 0.5) is 0 Å². The van der Waals surface area contributed by atoms with E-state index in [1.54, 1.807) is 24.3 Å². The number of methoxy groups -OCH3 is 2. The number of hydrogen-bond donors (Lipinski definition) is 4. The van der Waals surface area contributed by atoms with Gasteiger partial charge in [-0.3, -0.25) is 4.79 Å². The molecule has 0 radical (unpaired) electrons. The predicted molar refractivity (Wildman–Crippen MR) is 130 cm³/mol. The third-order valence-corrected chi connectivity index (χ3v) is 6.48. The average molecular weight is 477 g/mol. The summed E-state index contributed by atoms with van der Waals surface area (Å²) >= 11 is 0. The maximum Gasteiger partial charge on any atom is 0.190 e. The molecule has 0 fully saturated rings. The predicted octanol–water partition coefficient (Wildman–Crippen LogP) is 3.08. The second-order valence-corrected chi connectivity index (χ2v) is 8.27. The van der Waals surface area contributed by atoms with E-state index in [0.717, 1.165) is 5.56 Å². The van der Waals surface area contributed by atoms with Gasteiger partial charge in [0.1, 0.15) is 0 Å². The van der Waals surface area contributed by atoms with Crippen molar-refractivity contribution in [3.8, 4) is 11.5 Å². The zero-order valence-electron chi connectivity index (χ0n) is 19.6. The number of rotatable bonds is 8. The fourth-order valence-corrected chi connectivity index (χ4v) is 4.91. The highest BCUT2D eigenvalue weighted by atomic mass is 16.5. The maximum atomic E-state index is 13.8. The molecular weight excluding hydrogens is 448 g/mol. The number of aliphatic hydroxyl groups excluding tert-OH is 4. The van der Waals surface area contributed by atoms with E-state index in [4.69, 9.17) is 9.47 Å². The number of fused-ring (bicyclic) bond motifs is 1. The summed E-state index contributed by atoms with van der Waals surface area (Å²) in [6, 6.07) is 14.5. The van der Waals surface area contributed by atoms with Crippen molar-refractivity contribution in [2.45, 2.75) is 32.3 Å². The summed E-state index contributed by atoms with van der Waals surface area (Å²) in [5.41, 5.74) is 4.58. The third kappa shape index (κ3) is 4.24. The Bertz CT molecular complexity index is 1250. The topological polar surface area (TPSA) is 116 Å². The van der Waals surface area contributed by atoms with Crippen molar-refractivity contribution in [2.24, 2.45) is 0 Å². The zero-order valence-corrected chi connectivity index (χ0v) is 19.6. The molecule has 0 heterocycles. The molecule has 1 aliphatic rings. The van der Waals surface area contributed by atoms with Gasteiger partial charge in [0.25, 0.3) is 0 Å². The number of carbonyl (C=O) groups excluding carboxylic acids is 1. The Hall–Kier alpha value is -3.49. The highest BCUT2D eigenvalue weighted by Gasteiger charge is 2.39. The molecule has 0 aromatic heterocycles. The van der Waals surface area contributed by atoms with E-state index < -0.39 is 19.1 Å². The van der Waals surface area contributed by atoms with E-state index in [0.29, 0.717) is 56.0 Å². The number of hydrogen-bond acceptors (Lipinski definition) is 7. The number of carbonyl (C=O) groups is 1. The normalized spacial score (nSPS) is 16.0. The smallest absolute Gasteiger partial charge is 0.190 e. The van der Waals surface area contributed by atoms with Crippen LogP contribution in [0.1, 0.15) is 55.2 Å². The van der Waals surface area contributed by atoms with E-state index in [-0.39, 0.29) is 19.0 Å². The summed E-state index contributed by atoms with van der Waals surface area (Å²) in [5.74, 6) is -0.0501. The number of Topliss-reactive ketones (excluding diaryl/α,β-unsaturated/α-hetero) is 1. The number of ether oxygens (including phenoxy) is 2. The number of ketones is 1. The summed E-state index contributed by atoms with van der Waals surface area (Å²) in [7, 11) is 2.98. The minimum absolute atomic E-state index is 0.233. The first kappa shape index (κ1) is 24.6. The molecule has 7 heteroatoms. The third-order valence-electron chi connectivity index (χ3n) is 6.48. The molecule has 0 bridgehead atoms. The van der Waals surface area contributed by atoms with Crippen LogP contribution in [0.15, 0.2) is 54.1 Å². The van der Waals surface area contributed by atoms with E-state index in [1.807, 2.05) is 30.3 Å². The van der Waals surface area contributed by atoms with Gasteiger partial charge in [0.05, 0.1) is 40.6 Å². The van der Waals surface area contributed by atoms with Crippen molar-refractivity contribution < 1.29 is 34.7 Å². The van der Waals surface area contributed by atoms with Crippen LogP contribution in [0.3, 0.4) is 0 Å². The molecule has 182 valence electrons. The van der Waals surface area contributed by atoms with E-state index >= 15 is 0 Å². The molecule has 3 aromatic rings. The van der Waals surface area contributed by atoms with Crippen LogP contribution < -0.4 is 9.47 Å². The average Bonchev–Trinajstić information content (AvgIpc) is 3.17. The van der Waals surface area contributed by atoms with Gasteiger partial charge in [-0.25, -0.2) is 0 Å². The largest absolute Gasteiger partial charge is 0.493 e. The molecule has 1 unspecified atom stereocenters. The Kier molecular flexibility index (Phi) is 7.33. The Morgan fingerprint density at radius 3 is 2.09 bits per heavy atom. The van der Waals surface area contributed by atoms with E-state index in [9.17, 15) is 25.2 Å². The van der Waals surface area contributed by atoms with Gasteiger partial charge < -0.3 is 29.9 Å². The molecule has 3 aromatic carbocycles. The lowest BCUT2D eigenvalue weighted by atomic mass is 9.83. The molecule has 4 rings (SSSR count). The summed E-state index contributed by atoms with van der Waals surface area (Å²) in [5, 5.41) is 40.3. The SMILES string of the molecule is COc1cc(C2/C(=C/c3ccccc3)C(=O)c3cc(CO)c(CO)c(CO)c32)cc(CO)c1OC. The molecule has 1 aliphatic carbocycles. The zero-order chi connectivity index (χ0) is 25.1. The molecule has 1 atom stereocenters.